The second-order valence-electron chi connectivity index (χ2n) is 7.23. The first-order chi connectivity index (χ1) is 9.88. The van der Waals surface area contributed by atoms with Gasteiger partial charge in [-0.1, -0.05) is 24.3 Å². The van der Waals surface area contributed by atoms with Crippen molar-refractivity contribution in [2.45, 2.75) is 25.7 Å². The Morgan fingerprint density at radius 2 is 1.15 bits per heavy atom. The SMILES string of the molecule is C1=CC2CC1CC2COCCOCC1CC2C=CC1C2. The second-order valence-corrected chi connectivity index (χ2v) is 7.23. The Morgan fingerprint density at radius 3 is 1.50 bits per heavy atom. The van der Waals surface area contributed by atoms with Crippen LogP contribution >= 0.6 is 0 Å². The maximum absolute atomic E-state index is 5.82. The van der Waals surface area contributed by atoms with E-state index in [-0.39, 0.29) is 0 Å². The van der Waals surface area contributed by atoms with Gasteiger partial charge in [0.25, 0.3) is 0 Å². The normalized spacial score (nSPS) is 44.0. The number of fused-ring (bicyclic) bond motifs is 4. The van der Waals surface area contributed by atoms with Gasteiger partial charge in [0.05, 0.1) is 26.4 Å². The first kappa shape index (κ1) is 13.1. The third-order valence-corrected chi connectivity index (χ3v) is 5.87. The van der Waals surface area contributed by atoms with Crippen LogP contribution in [0.15, 0.2) is 24.3 Å². The van der Waals surface area contributed by atoms with Crippen molar-refractivity contribution < 1.29 is 9.47 Å². The minimum Gasteiger partial charge on any atom is -0.379 e. The van der Waals surface area contributed by atoms with Crippen molar-refractivity contribution in [3.8, 4) is 0 Å². The van der Waals surface area contributed by atoms with E-state index in [1.807, 2.05) is 0 Å². The van der Waals surface area contributed by atoms with Gasteiger partial charge in [-0.05, 0) is 61.2 Å². The van der Waals surface area contributed by atoms with E-state index in [0.29, 0.717) is 0 Å². The van der Waals surface area contributed by atoms with Crippen LogP contribution in [-0.4, -0.2) is 26.4 Å². The average Bonchev–Trinajstić information content (AvgIpc) is 3.21. The van der Waals surface area contributed by atoms with Crippen LogP contribution in [0.3, 0.4) is 0 Å². The average molecular weight is 274 g/mol. The molecule has 110 valence electrons. The highest BCUT2D eigenvalue weighted by Gasteiger charge is 2.36. The zero-order valence-corrected chi connectivity index (χ0v) is 12.2. The zero-order valence-electron chi connectivity index (χ0n) is 12.2. The van der Waals surface area contributed by atoms with Gasteiger partial charge >= 0.3 is 0 Å². The van der Waals surface area contributed by atoms with Crippen molar-refractivity contribution in [1.82, 2.24) is 0 Å². The summed E-state index contributed by atoms with van der Waals surface area (Å²) in [7, 11) is 0. The molecule has 4 rings (SSSR count). The molecule has 4 bridgehead atoms. The molecule has 0 N–H and O–H groups in total. The second kappa shape index (κ2) is 5.65. The molecular weight excluding hydrogens is 248 g/mol. The molecule has 0 radical (unpaired) electrons. The Labute approximate surface area is 122 Å². The number of ether oxygens (including phenoxy) is 2. The predicted molar refractivity (Wildman–Crippen MR) is 79.3 cm³/mol. The summed E-state index contributed by atoms with van der Waals surface area (Å²) in [5, 5.41) is 0. The number of hydrogen-bond acceptors (Lipinski definition) is 2. The van der Waals surface area contributed by atoms with Crippen LogP contribution in [0.1, 0.15) is 25.7 Å². The van der Waals surface area contributed by atoms with Crippen molar-refractivity contribution in [3.05, 3.63) is 24.3 Å². The van der Waals surface area contributed by atoms with Gasteiger partial charge in [-0.15, -0.1) is 0 Å². The van der Waals surface area contributed by atoms with Crippen LogP contribution in [-0.2, 0) is 9.47 Å². The van der Waals surface area contributed by atoms with E-state index in [1.54, 1.807) is 0 Å². The van der Waals surface area contributed by atoms with Crippen molar-refractivity contribution in [1.29, 1.82) is 0 Å². The Morgan fingerprint density at radius 1 is 0.650 bits per heavy atom. The molecule has 0 aromatic carbocycles. The molecule has 0 amide bonds. The van der Waals surface area contributed by atoms with E-state index >= 15 is 0 Å². The molecule has 6 unspecified atom stereocenters. The van der Waals surface area contributed by atoms with Crippen molar-refractivity contribution >= 4 is 0 Å². The predicted octanol–water partition coefficient (Wildman–Crippen LogP) is 3.44. The lowest BCUT2D eigenvalue weighted by Gasteiger charge is -2.19. The lowest BCUT2D eigenvalue weighted by molar-refractivity contribution is 0.0161. The molecule has 0 aromatic heterocycles. The molecule has 2 heteroatoms. The fraction of sp³-hybridized carbons (Fsp3) is 0.778. The molecule has 4 aliphatic carbocycles. The largest absolute Gasteiger partial charge is 0.379 e. The highest BCUT2D eigenvalue weighted by atomic mass is 16.5. The number of allylic oxidation sites excluding steroid dienone is 4. The Balaban J connectivity index is 1.07. The maximum atomic E-state index is 5.82. The summed E-state index contributed by atoms with van der Waals surface area (Å²) in [4.78, 5) is 0. The summed E-state index contributed by atoms with van der Waals surface area (Å²) in [5.41, 5.74) is 0. The fourth-order valence-electron chi connectivity index (χ4n) is 4.76. The standard InChI is InChI=1S/C18H26O2/c1-3-15-7-13(1)9-17(15)11-19-5-6-20-12-18-10-14-2-4-16(18)8-14/h1-4,13-18H,5-12H2. The molecule has 2 fully saturated rings. The molecule has 0 spiro atoms. The molecule has 2 nitrogen and oxygen atoms in total. The quantitative estimate of drug-likeness (QED) is 0.523. The Bertz CT molecular complexity index is 362. The van der Waals surface area contributed by atoms with E-state index in [0.717, 1.165) is 61.9 Å². The van der Waals surface area contributed by atoms with Gasteiger partial charge in [0.2, 0.25) is 0 Å². The van der Waals surface area contributed by atoms with Gasteiger partial charge in [-0.2, -0.15) is 0 Å². The van der Waals surface area contributed by atoms with Gasteiger partial charge in [-0.3, -0.25) is 0 Å². The van der Waals surface area contributed by atoms with Crippen molar-refractivity contribution in [3.63, 3.8) is 0 Å². The number of rotatable bonds is 7. The summed E-state index contributed by atoms with van der Waals surface area (Å²) in [6.45, 7) is 3.42. The minimum atomic E-state index is 0.772. The lowest BCUT2D eigenvalue weighted by atomic mass is 9.94. The van der Waals surface area contributed by atoms with Crippen molar-refractivity contribution in [2.24, 2.45) is 35.5 Å². The van der Waals surface area contributed by atoms with E-state index in [1.165, 1.54) is 25.7 Å². The number of hydrogen-bond donors (Lipinski definition) is 0. The van der Waals surface area contributed by atoms with E-state index < -0.39 is 0 Å². The van der Waals surface area contributed by atoms with Gasteiger partial charge in [0, 0.05) is 0 Å². The van der Waals surface area contributed by atoms with Crippen LogP contribution in [0.5, 0.6) is 0 Å². The lowest BCUT2D eigenvalue weighted by Crippen LogP contribution is -2.19. The summed E-state index contributed by atoms with van der Waals surface area (Å²) >= 11 is 0. The summed E-state index contributed by atoms with van der Waals surface area (Å²) < 4.78 is 11.6. The third kappa shape index (κ3) is 2.60. The van der Waals surface area contributed by atoms with Crippen molar-refractivity contribution in [2.75, 3.05) is 26.4 Å². The van der Waals surface area contributed by atoms with Crippen LogP contribution < -0.4 is 0 Å². The van der Waals surface area contributed by atoms with Crippen LogP contribution in [0, 0.1) is 35.5 Å². The summed E-state index contributed by atoms with van der Waals surface area (Å²) in [6.07, 6.45) is 15.0. The van der Waals surface area contributed by atoms with Crippen LogP contribution in [0.25, 0.3) is 0 Å². The maximum Gasteiger partial charge on any atom is 0.0700 e. The first-order valence-electron chi connectivity index (χ1n) is 8.40. The van der Waals surface area contributed by atoms with Crippen LogP contribution in [0.2, 0.25) is 0 Å². The van der Waals surface area contributed by atoms with E-state index in [9.17, 15) is 0 Å². The monoisotopic (exact) mass is 274 g/mol. The molecule has 0 aliphatic heterocycles. The van der Waals surface area contributed by atoms with Gasteiger partial charge in [-0.25, -0.2) is 0 Å². The molecule has 20 heavy (non-hydrogen) atoms. The molecular formula is C18H26O2. The molecule has 6 atom stereocenters. The van der Waals surface area contributed by atoms with Crippen LogP contribution in [0.4, 0.5) is 0 Å². The molecule has 0 saturated heterocycles. The highest BCUT2D eigenvalue weighted by molar-refractivity contribution is 5.10. The first-order valence-corrected chi connectivity index (χ1v) is 8.40. The third-order valence-electron chi connectivity index (χ3n) is 5.87. The molecule has 0 aromatic rings. The Hall–Kier alpha value is -0.600. The molecule has 4 aliphatic rings. The summed E-state index contributed by atoms with van der Waals surface area (Å²) in [6, 6.07) is 0. The van der Waals surface area contributed by atoms with Gasteiger partial charge < -0.3 is 9.47 Å². The summed E-state index contributed by atoms with van der Waals surface area (Å²) in [5.74, 6) is 4.89. The minimum absolute atomic E-state index is 0.772. The van der Waals surface area contributed by atoms with Gasteiger partial charge in [0.1, 0.15) is 0 Å². The van der Waals surface area contributed by atoms with Gasteiger partial charge in [0.15, 0.2) is 0 Å². The molecule has 2 saturated carbocycles. The fourth-order valence-corrected chi connectivity index (χ4v) is 4.76. The highest BCUT2D eigenvalue weighted by Crippen LogP contribution is 2.44. The smallest absolute Gasteiger partial charge is 0.0700 e. The van der Waals surface area contributed by atoms with E-state index in [4.69, 9.17) is 9.47 Å². The van der Waals surface area contributed by atoms with E-state index in [2.05, 4.69) is 24.3 Å². The zero-order chi connectivity index (χ0) is 13.4. The molecule has 0 heterocycles. The Kier molecular flexibility index (Phi) is 3.70. The topological polar surface area (TPSA) is 18.5 Å².